The van der Waals surface area contributed by atoms with Crippen LogP contribution in [0.25, 0.3) is 10.4 Å². The number of aliphatic hydroxyl groups is 1. The van der Waals surface area contributed by atoms with Crippen molar-refractivity contribution in [1.29, 1.82) is 0 Å². The maximum absolute atomic E-state index is 14.9. The summed E-state index contributed by atoms with van der Waals surface area (Å²) in [5, 5.41) is 12.9. The first kappa shape index (κ1) is 18.6. The normalized spacial score (nSPS) is 28.6. The Morgan fingerprint density at radius 2 is 2.40 bits per heavy atom. The first-order valence-corrected chi connectivity index (χ1v) is 7.30. The lowest BCUT2D eigenvalue weighted by Gasteiger charge is -2.27. The summed E-state index contributed by atoms with van der Waals surface area (Å²) < 4.78 is 26.0. The van der Waals surface area contributed by atoms with Gasteiger partial charge in [-0.15, -0.1) is 0 Å². The van der Waals surface area contributed by atoms with Crippen LogP contribution < -0.4 is 11.4 Å². The minimum absolute atomic E-state index is 0.0825. The number of carbonyl (C=O) groups excluding carboxylic acids is 1. The Balaban J connectivity index is 2.47. The van der Waals surface area contributed by atoms with Crippen molar-refractivity contribution in [3.63, 3.8) is 0 Å². The molecule has 0 spiro atoms. The summed E-state index contributed by atoms with van der Waals surface area (Å²) in [5.41, 5.74) is 11.0. The van der Waals surface area contributed by atoms with Crippen LogP contribution in [-0.2, 0) is 14.3 Å². The van der Waals surface area contributed by atoms with Gasteiger partial charge >= 0.3 is 11.7 Å². The molecule has 1 aliphatic rings. The van der Waals surface area contributed by atoms with Crippen molar-refractivity contribution in [3.05, 3.63) is 33.2 Å². The first-order valence-electron chi connectivity index (χ1n) is 7.30. The largest absolute Gasteiger partial charge is 0.456 e. The molecule has 2 heterocycles. The zero-order valence-electron chi connectivity index (χ0n) is 13.4. The predicted molar refractivity (Wildman–Crippen MR) is 81.6 cm³/mol. The lowest BCUT2D eigenvalue weighted by Crippen LogP contribution is -2.46. The molecular weight excluding hydrogens is 339 g/mol. The molecule has 0 radical (unpaired) electrons. The van der Waals surface area contributed by atoms with E-state index in [1.165, 1.54) is 19.9 Å². The Morgan fingerprint density at radius 1 is 1.72 bits per heavy atom. The fourth-order valence-electron chi connectivity index (χ4n) is 2.30. The predicted octanol–water partition coefficient (Wildman–Crippen LogP) is 0.259. The Kier molecular flexibility index (Phi) is 5.26. The topological polar surface area (TPSA) is 165 Å². The van der Waals surface area contributed by atoms with E-state index in [0.717, 1.165) is 10.8 Å². The van der Waals surface area contributed by atoms with Gasteiger partial charge in [0, 0.05) is 11.1 Å². The molecule has 0 bridgehead atoms. The number of nitrogens with zero attached hydrogens (tertiary/aromatic N) is 5. The standard InChI is InChI=1S/C13H17FN6O5/c1-6(2)11(22)24-9-8(14)10(25-13(9,5-21)18-19-16)20-4-3-7(15)17-12(20)23/h3-4,6,8-10,21H,5H2,1-2H3,(H2,15,17,23)/t8-,9+,10-,13?/m1/s1. The highest BCUT2D eigenvalue weighted by Crippen LogP contribution is 2.41. The lowest BCUT2D eigenvalue weighted by atomic mass is 10.1. The summed E-state index contributed by atoms with van der Waals surface area (Å²) in [6.45, 7) is 2.07. The number of aliphatic hydroxyl groups excluding tert-OH is 1. The second-order valence-corrected chi connectivity index (χ2v) is 5.70. The quantitative estimate of drug-likeness (QED) is 0.330. The minimum atomic E-state index is -2.22. The van der Waals surface area contributed by atoms with Gasteiger partial charge in [0.05, 0.1) is 12.5 Å². The third-order valence-electron chi connectivity index (χ3n) is 3.61. The molecule has 2 rings (SSSR count). The van der Waals surface area contributed by atoms with Crippen molar-refractivity contribution in [2.45, 2.75) is 38.1 Å². The maximum Gasteiger partial charge on any atom is 0.351 e. The van der Waals surface area contributed by atoms with Gasteiger partial charge in [-0.3, -0.25) is 9.36 Å². The Morgan fingerprint density at radius 3 is 2.92 bits per heavy atom. The van der Waals surface area contributed by atoms with Crippen LogP contribution in [0, 0.1) is 5.92 Å². The molecule has 1 fully saturated rings. The number of aromatic nitrogens is 2. The van der Waals surface area contributed by atoms with Gasteiger partial charge in [-0.25, -0.2) is 9.18 Å². The number of anilines is 1. The number of azide groups is 1. The number of nitrogens with two attached hydrogens (primary N) is 1. The molecule has 11 nitrogen and oxygen atoms in total. The maximum atomic E-state index is 14.9. The molecule has 1 aromatic heterocycles. The van der Waals surface area contributed by atoms with Gasteiger partial charge in [-0.2, -0.15) is 4.98 Å². The number of nitrogen functional groups attached to an aromatic ring is 1. The molecule has 136 valence electrons. The van der Waals surface area contributed by atoms with Crippen LogP contribution in [0.2, 0.25) is 0 Å². The Labute approximate surface area is 140 Å². The van der Waals surface area contributed by atoms with Gasteiger partial charge in [0.2, 0.25) is 5.72 Å². The molecule has 25 heavy (non-hydrogen) atoms. The Bertz CT molecular complexity index is 764. The minimum Gasteiger partial charge on any atom is -0.456 e. The van der Waals surface area contributed by atoms with Crippen molar-refractivity contribution in [2.75, 3.05) is 12.3 Å². The number of hydrogen-bond donors (Lipinski definition) is 2. The number of ether oxygens (including phenoxy) is 2. The van der Waals surface area contributed by atoms with Crippen molar-refractivity contribution in [1.82, 2.24) is 9.55 Å². The number of carbonyl (C=O) groups is 1. The number of rotatable bonds is 5. The van der Waals surface area contributed by atoms with Gasteiger partial charge in [-0.05, 0) is 11.6 Å². The lowest BCUT2D eigenvalue weighted by molar-refractivity contribution is -0.171. The molecule has 0 aliphatic carbocycles. The molecule has 1 aromatic rings. The molecule has 1 saturated heterocycles. The smallest absolute Gasteiger partial charge is 0.351 e. The molecule has 1 aliphatic heterocycles. The van der Waals surface area contributed by atoms with Crippen LogP contribution in [0.4, 0.5) is 10.2 Å². The van der Waals surface area contributed by atoms with Crippen LogP contribution in [0.15, 0.2) is 22.2 Å². The fraction of sp³-hybridized carbons (Fsp3) is 0.615. The second kappa shape index (κ2) is 7.05. The number of hydrogen-bond acceptors (Lipinski definition) is 8. The third kappa shape index (κ3) is 3.40. The van der Waals surface area contributed by atoms with Crippen LogP contribution in [0.1, 0.15) is 20.1 Å². The molecule has 0 amide bonds. The van der Waals surface area contributed by atoms with E-state index in [-0.39, 0.29) is 5.82 Å². The van der Waals surface area contributed by atoms with Crippen LogP contribution in [0.3, 0.4) is 0 Å². The average Bonchev–Trinajstić information content (AvgIpc) is 2.81. The van der Waals surface area contributed by atoms with Crippen LogP contribution >= 0.6 is 0 Å². The molecule has 12 heteroatoms. The number of halogens is 1. The summed E-state index contributed by atoms with van der Waals surface area (Å²) in [6.07, 6.45) is -4.36. The molecule has 4 atom stereocenters. The van der Waals surface area contributed by atoms with E-state index in [9.17, 15) is 19.1 Å². The molecule has 1 unspecified atom stereocenters. The zero-order valence-corrected chi connectivity index (χ0v) is 13.4. The summed E-state index contributed by atoms with van der Waals surface area (Å²) in [5.74, 6) is -1.47. The zero-order chi connectivity index (χ0) is 18.8. The highest BCUT2D eigenvalue weighted by molar-refractivity contribution is 5.71. The van der Waals surface area contributed by atoms with Gasteiger partial charge in [-0.1, -0.05) is 19.0 Å². The fourth-order valence-corrected chi connectivity index (χ4v) is 2.30. The second-order valence-electron chi connectivity index (χ2n) is 5.70. The summed E-state index contributed by atoms with van der Waals surface area (Å²) in [4.78, 5) is 29.7. The first-order chi connectivity index (χ1) is 11.8. The molecule has 3 N–H and O–H groups in total. The van der Waals surface area contributed by atoms with Gasteiger partial charge < -0.3 is 20.3 Å². The molecule has 0 saturated carbocycles. The van der Waals surface area contributed by atoms with E-state index in [1.807, 2.05) is 0 Å². The van der Waals surface area contributed by atoms with Crippen LogP contribution in [-0.4, -0.2) is 45.2 Å². The molecular formula is C13H17FN6O5. The highest BCUT2D eigenvalue weighted by Gasteiger charge is 2.59. The van der Waals surface area contributed by atoms with E-state index in [0.29, 0.717) is 0 Å². The van der Waals surface area contributed by atoms with E-state index in [1.54, 1.807) is 0 Å². The summed E-state index contributed by atoms with van der Waals surface area (Å²) in [6, 6.07) is 1.24. The summed E-state index contributed by atoms with van der Waals surface area (Å²) >= 11 is 0. The number of esters is 1. The SMILES string of the molecule is CC(C)C(=O)O[C@H]1[C@@H](F)[C@H](n2ccc(N)nc2=O)OC1(CO)N=[N+]=[N-]. The highest BCUT2D eigenvalue weighted by atomic mass is 19.1. The van der Waals surface area contributed by atoms with E-state index < -0.39 is 48.4 Å². The number of alkyl halides is 1. The van der Waals surface area contributed by atoms with Gasteiger partial charge in [0.25, 0.3) is 0 Å². The van der Waals surface area contributed by atoms with E-state index in [4.69, 9.17) is 20.7 Å². The van der Waals surface area contributed by atoms with Gasteiger partial charge in [0.15, 0.2) is 18.5 Å². The van der Waals surface area contributed by atoms with Crippen molar-refractivity contribution in [3.8, 4) is 0 Å². The van der Waals surface area contributed by atoms with E-state index >= 15 is 0 Å². The van der Waals surface area contributed by atoms with Crippen molar-refractivity contribution < 1.29 is 23.8 Å². The summed E-state index contributed by atoms with van der Waals surface area (Å²) in [7, 11) is 0. The monoisotopic (exact) mass is 356 g/mol. The third-order valence-corrected chi connectivity index (χ3v) is 3.61. The van der Waals surface area contributed by atoms with E-state index in [2.05, 4.69) is 15.0 Å². The van der Waals surface area contributed by atoms with Crippen LogP contribution in [0.5, 0.6) is 0 Å². The van der Waals surface area contributed by atoms with Crippen molar-refractivity contribution in [2.24, 2.45) is 11.0 Å². The molecule has 0 aromatic carbocycles. The van der Waals surface area contributed by atoms with Crippen molar-refractivity contribution >= 4 is 11.8 Å². The average molecular weight is 356 g/mol. The van der Waals surface area contributed by atoms with Gasteiger partial charge in [0.1, 0.15) is 5.82 Å². The Hall–Kier alpha value is -2.69.